The fourth-order valence-corrected chi connectivity index (χ4v) is 4.32. The Labute approximate surface area is 166 Å². The number of nitrogens with zero attached hydrogens (tertiary/aromatic N) is 1. The minimum absolute atomic E-state index is 0.00699. The molecule has 0 spiro atoms. The van der Waals surface area contributed by atoms with Crippen LogP contribution in [-0.2, 0) is 24.3 Å². The minimum atomic E-state index is -3.66. The first kappa shape index (κ1) is 22.3. The molecule has 1 aliphatic rings. The van der Waals surface area contributed by atoms with E-state index in [4.69, 9.17) is 4.74 Å². The van der Waals surface area contributed by atoms with Gasteiger partial charge in [-0.05, 0) is 44.0 Å². The number of carbonyl (C=O) groups excluding carboxylic acids is 2. The van der Waals surface area contributed by atoms with Gasteiger partial charge in [-0.2, -0.15) is 0 Å². The van der Waals surface area contributed by atoms with E-state index in [2.05, 4.69) is 10.0 Å². The molecule has 1 heterocycles. The molecule has 1 saturated heterocycles. The molecule has 1 aromatic rings. The summed E-state index contributed by atoms with van der Waals surface area (Å²) < 4.78 is 32.1. The summed E-state index contributed by atoms with van der Waals surface area (Å²) in [4.78, 5) is 26.1. The van der Waals surface area contributed by atoms with Crippen LogP contribution in [0.15, 0.2) is 29.2 Å². The van der Waals surface area contributed by atoms with Gasteiger partial charge in [0.05, 0.1) is 18.0 Å². The summed E-state index contributed by atoms with van der Waals surface area (Å²) in [5.74, 6) is -0.288. The lowest BCUT2D eigenvalue weighted by atomic mass is 10.1. The van der Waals surface area contributed by atoms with E-state index in [-0.39, 0.29) is 35.9 Å². The quantitative estimate of drug-likeness (QED) is 0.678. The number of rotatable bonds is 8. The van der Waals surface area contributed by atoms with E-state index in [9.17, 15) is 18.0 Å². The number of sulfonamides is 1. The molecule has 0 aromatic heterocycles. The zero-order valence-electron chi connectivity index (χ0n) is 16.4. The fourth-order valence-electron chi connectivity index (χ4n) is 3.09. The number of carbonyl (C=O) groups is 2. The lowest BCUT2D eigenvalue weighted by Crippen LogP contribution is -2.39. The fraction of sp³-hybridized carbons (Fsp3) is 0.579. The molecule has 1 aliphatic heterocycles. The molecule has 2 amide bonds. The van der Waals surface area contributed by atoms with Gasteiger partial charge in [0.25, 0.3) is 0 Å². The Balaban J connectivity index is 1.94. The standard InChI is InChI=1S/C19H29N3O5S/c1-15(14-27-2)21-28(25,26)17-10-8-16(9-11-17)20-18(23)13-22-12-6-4-3-5-7-19(22)24/h8-11,15,21H,3-7,12-14H2,1-2H3,(H,20,23). The second kappa shape index (κ2) is 10.5. The molecule has 1 atom stereocenters. The van der Waals surface area contributed by atoms with Gasteiger partial charge in [-0.15, -0.1) is 0 Å². The van der Waals surface area contributed by atoms with E-state index >= 15 is 0 Å². The number of hydrogen-bond donors (Lipinski definition) is 2. The number of hydrogen-bond acceptors (Lipinski definition) is 5. The molecule has 2 N–H and O–H groups in total. The van der Waals surface area contributed by atoms with Gasteiger partial charge in [-0.3, -0.25) is 9.59 Å². The third kappa shape index (κ3) is 6.88. The van der Waals surface area contributed by atoms with Crippen LogP contribution in [0.1, 0.15) is 39.0 Å². The van der Waals surface area contributed by atoms with Gasteiger partial charge in [-0.1, -0.05) is 12.8 Å². The van der Waals surface area contributed by atoms with Gasteiger partial charge in [-0.25, -0.2) is 13.1 Å². The largest absolute Gasteiger partial charge is 0.383 e. The first-order valence-electron chi connectivity index (χ1n) is 9.51. The van der Waals surface area contributed by atoms with Crippen LogP contribution in [-0.4, -0.2) is 58.0 Å². The van der Waals surface area contributed by atoms with Gasteiger partial charge >= 0.3 is 0 Å². The predicted molar refractivity (Wildman–Crippen MR) is 106 cm³/mol. The van der Waals surface area contributed by atoms with Crippen molar-refractivity contribution in [3.8, 4) is 0 Å². The minimum Gasteiger partial charge on any atom is -0.383 e. The van der Waals surface area contributed by atoms with Crippen LogP contribution in [0.3, 0.4) is 0 Å². The summed E-state index contributed by atoms with van der Waals surface area (Å²) in [5, 5.41) is 2.72. The molecular weight excluding hydrogens is 382 g/mol. The second-order valence-electron chi connectivity index (χ2n) is 7.03. The lowest BCUT2D eigenvalue weighted by Gasteiger charge is -2.24. The number of ether oxygens (including phenoxy) is 1. The van der Waals surface area contributed by atoms with E-state index < -0.39 is 10.0 Å². The van der Waals surface area contributed by atoms with Gasteiger partial charge in [0.15, 0.2) is 0 Å². The van der Waals surface area contributed by atoms with Crippen molar-refractivity contribution in [2.45, 2.75) is 50.0 Å². The van der Waals surface area contributed by atoms with Crippen molar-refractivity contribution in [2.24, 2.45) is 0 Å². The molecule has 1 unspecified atom stereocenters. The van der Waals surface area contributed by atoms with Gasteiger partial charge in [0.2, 0.25) is 21.8 Å². The highest BCUT2D eigenvalue weighted by Crippen LogP contribution is 2.15. The van der Waals surface area contributed by atoms with E-state index in [1.807, 2.05) is 0 Å². The molecule has 0 radical (unpaired) electrons. The van der Waals surface area contributed by atoms with Crippen molar-refractivity contribution in [1.82, 2.24) is 9.62 Å². The second-order valence-corrected chi connectivity index (χ2v) is 8.74. The third-order valence-electron chi connectivity index (χ3n) is 4.48. The van der Waals surface area contributed by atoms with Crippen LogP contribution in [0.2, 0.25) is 0 Å². The van der Waals surface area contributed by atoms with Crippen molar-refractivity contribution >= 4 is 27.5 Å². The van der Waals surface area contributed by atoms with Crippen LogP contribution in [0, 0.1) is 0 Å². The number of amides is 2. The van der Waals surface area contributed by atoms with Crippen LogP contribution in [0.4, 0.5) is 5.69 Å². The Hall–Kier alpha value is -1.97. The maximum atomic E-state index is 12.3. The van der Waals surface area contributed by atoms with Crippen molar-refractivity contribution < 1.29 is 22.7 Å². The number of anilines is 1. The summed E-state index contributed by atoms with van der Waals surface area (Å²) in [6.07, 6.45) is 4.37. The van der Waals surface area contributed by atoms with Crippen LogP contribution >= 0.6 is 0 Å². The molecule has 1 fully saturated rings. The highest BCUT2D eigenvalue weighted by molar-refractivity contribution is 7.89. The lowest BCUT2D eigenvalue weighted by molar-refractivity contribution is -0.135. The molecular formula is C19H29N3O5S. The molecule has 2 rings (SSSR count). The van der Waals surface area contributed by atoms with Crippen molar-refractivity contribution in [1.29, 1.82) is 0 Å². The monoisotopic (exact) mass is 411 g/mol. The van der Waals surface area contributed by atoms with Gasteiger partial charge < -0.3 is 15.0 Å². The summed E-state index contributed by atoms with van der Waals surface area (Å²) in [6.45, 7) is 2.58. The van der Waals surface area contributed by atoms with Gasteiger partial charge in [0, 0.05) is 31.8 Å². The molecule has 0 aliphatic carbocycles. The topological polar surface area (TPSA) is 105 Å². The number of likely N-dealkylation sites (tertiary alicyclic amines) is 1. The Morgan fingerprint density at radius 2 is 1.86 bits per heavy atom. The van der Waals surface area contributed by atoms with Crippen molar-refractivity contribution in [3.63, 3.8) is 0 Å². The van der Waals surface area contributed by atoms with Crippen LogP contribution in [0.25, 0.3) is 0 Å². The van der Waals surface area contributed by atoms with Crippen molar-refractivity contribution in [2.75, 3.05) is 32.1 Å². The molecule has 8 nitrogen and oxygen atoms in total. The first-order chi connectivity index (χ1) is 13.3. The van der Waals surface area contributed by atoms with Crippen LogP contribution in [0.5, 0.6) is 0 Å². The predicted octanol–water partition coefficient (Wildman–Crippen LogP) is 1.73. The smallest absolute Gasteiger partial charge is 0.243 e. The maximum absolute atomic E-state index is 12.3. The summed E-state index contributed by atoms with van der Waals surface area (Å²) in [7, 11) is -2.16. The molecule has 9 heteroatoms. The van der Waals surface area contributed by atoms with Gasteiger partial charge in [0.1, 0.15) is 0 Å². The summed E-state index contributed by atoms with van der Waals surface area (Å²) >= 11 is 0. The highest BCUT2D eigenvalue weighted by atomic mass is 32.2. The Morgan fingerprint density at radius 3 is 2.54 bits per heavy atom. The molecule has 156 valence electrons. The van der Waals surface area contributed by atoms with E-state index in [1.54, 1.807) is 11.8 Å². The first-order valence-corrected chi connectivity index (χ1v) is 11.0. The highest BCUT2D eigenvalue weighted by Gasteiger charge is 2.19. The third-order valence-corrected chi connectivity index (χ3v) is 6.08. The average Bonchev–Trinajstić information content (AvgIpc) is 2.62. The SMILES string of the molecule is COCC(C)NS(=O)(=O)c1ccc(NC(=O)CN2CCCCCCC2=O)cc1. The van der Waals surface area contributed by atoms with Crippen LogP contribution < -0.4 is 10.0 Å². The zero-order chi connectivity index (χ0) is 20.6. The number of nitrogens with one attached hydrogen (secondary N) is 2. The Kier molecular flexibility index (Phi) is 8.40. The normalized spacial score (nSPS) is 16.9. The summed E-state index contributed by atoms with van der Waals surface area (Å²) in [6, 6.07) is 5.56. The van der Waals surface area contributed by atoms with Crippen molar-refractivity contribution in [3.05, 3.63) is 24.3 Å². The van der Waals surface area contributed by atoms with E-state index in [0.717, 1.165) is 25.7 Å². The summed E-state index contributed by atoms with van der Waals surface area (Å²) in [5.41, 5.74) is 0.480. The maximum Gasteiger partial charge on any atom is 0.243 e. The molecule has 0 bridgehead atoms. The molecule has 28 heavy (non-hydrogen) atoms. The Morgan fingerprint density at radius 1 is 1.18 bits per heavy atom. The van der Waals surface area contributed by atoms with E-state index in [1.165, 1.54) is 31.4 Å². The Bertz CT molecular complexity index is 764. The number of benzene rings is 1. The number of methoxy groups -OCH3 is 1. The average molecular weight is 412 g/mol. The molecule has 1 aromatic carbocycles. The molecule has 0 saturated carbocycles. The zero-order valence-corrected chi connectivity index (χ0v) is 17.3. The van der Waals surface area contributed by atoms with E-state index in [0.29, 0.717) is 18.7 Å².